The van der Waals surface area contributed by atoms with Crippen molar-refractivity contribution in [3.05, 3.63) is 99.7 Å². The maximum atomic E-state index is 12.5. The Bertz CT molecular complexity index is 1770. The van der Waals surface area contributed by atoms with E-state index in [1.54, 1.807) is 30.3 Å². The first kappa shape index (κ1) is 27.6. The Hall–Kier alpha value is -3.91. The molecule has 5 rings (SSSR count). The van der Waals surface area contributed by atoms with Gasteiger partial charge in [0.05, 0.1) is 10.6 Å². The average Bonchev–Trinajstić information content (AvgIpc) is 3.57. The minimum atomic E-state index is -0.414. The number of oxazole rings is 1. The summed E-state index contributed by atoms with van der Waals surface area (Å²) in [5.41, 5.74) is 5.67. The van der Waals surface area contributed by atoms with Crippen LogP contribution in [0.5, 0.6) is 0 Å². The number of halogens is 2. The van der Waals surface area contributed by atoms with E-state index in [9.17, 15) is 4.79 Å². The van der Waals surface area contributed by atoms with Crippen molar-refractivity contribution in [2.24, 2.45) is 0 Å². The van der Waals surface area contributed by atoms with Crippen molar-refractivity contribution in [1.29, 1.82) is 0 Å². The fourth-order valence-corrected chi connectivity index (χ4v) is 4.60. The molecule has 0 spiro atoms. The highest BCUT2D eigenvalue weighted by Gasteiger charge is 2.14. The molecule has 1 amide bonds. The molecule has 5 aromatic rings. The maximum absolute atomic E-state index is 12.5. The van der Waals surface area contributed by atoms with E-state index in [0.29, 0.717) is 50.2 Å². The number of nitrogens with one attached hydrogen (secondary N) is 2. The van der Waals surface area contributed by atoms with Crippen LogP contribution in [0.15, 0.2) is 81.6 Å². The molecule has 40 heavy (non-hydrogen) atoms. The lowest BCUT2D eigenvalue weighted by atomic mass is 10.0. The predicted molar refractivity (Wildman–Crippen MR) is 166 cm³/mol. The SMILES string of the molecule is Cc1ccc(-c2ccc(/C=C/C(=O)NC(=S)Nc3ccc(Cl)c(-c4nc5cc(C(C)C)ccc5o4)c3)o2)cc1Cl. The first-order valence-electron chi connectivity index (χ1n) is 12.5. The fourth-order valence-electron chi connectivity index (χ4n) is 4.00. The molecule has 0 unspecified atom stereocenters. The standard InChI is InChI=1S/C31H25Cl2N3O3S/c1-17(2)19-6-11-28-26(15-19)35-30(39-28)23-16-21(7-10-24(23)32)34-31(40)36-29(37)13-9-22-8-12-27(38-22)20-5-4-18(3)25(33)14-20/h4-17H,1-3H3,(H2,34,36,37,40)/b13-9+. The minimum absolute atomic E-state index is 0.122. The number of benzene rings is 3. The highest BCUT2D eigenvalue weighted by Crippen LogP contribution is 2.33. The number of furan rings is 1. The number of aryl methyl sites for hydroxylation is 1. The van der Waals surface area contributed by atoms with Crippen LogP contribution >= 0.6 is 35.4 Å². The Morgan fingerprint density at radius 2 is 1.80 bits per heavy atom. The summed E-state index contributed by atoms with van der Waals surface area (Å²) in [6, 6.07) is 20.5. The molecule has 0 aliphatic carbocycles. The van der Waals surface area contributed by atoms with Crippen LogP contribution in [0.3, 0.4) is 0 Å². The van der Waals surface area contributed by atoms with Crippen LogP contribution in [0.4, 0.5) is 5.69 Å². The molecule has 0 atom stereocenters. The quantitative estimate of drug-likeness (QED) is 0.152. The third kappa shape index (κ3) is 6.28. The van der Waals surface area contributed by atoms with Gasteiger partial charge in [-0.2, -0.15) is 0 Å². The van der Waals surface area contributed by atoms with Crippen molar-refractivity contribution >= 4 is 69.3 Å². The van der Waals surface area contributed by atoms with Crippen molar-refractivity contribution in [2.75, 3.05) is 5.32 Å². The van der Waals surface area contributed by atoms with Crippen molar-refractivity contribution in [1.82, 2.24) is 10.3 Å². The van der Waals surface area contributed by atoms with Gasteiger partial charge in [0.1, 0.15) is 17.0 Å². The molecule has 3 aromatic carbocycles. The summed E-state index contributed by atoms with van der Waals surface area (Å²) in [5, 5.41) is 6.89. The normalized spacial score (nSPS) is 11.4. The Morgan fingerprint density at radius 1 is 0.975 bits per heavy atom. The number of hydrogen-bond donors (Lipinski definition) is 2. The Balaban J connectivity index is 1.23. The molecule has 0 radical (unpaired) electrons. The average molecular weight is 591 g/mol. The minimum Gasteiger partial charge on any atom is -0.457 e. The third-order valence-electron chi connectivity index (χ3n) is 6.25. The highest BCUT2D eigenvalue weighted by molar-refractivity contribution is 7.80. The second-order valence-corrected chi connectivity index (χ2v) is 10.8. The summed E-state index contributed by atoms with van der Waals surface area (Å²) < 4.78 is 11.8. The second-order valence-electron chi connectivity index (χ2n) is 9.54. The number of carbonyl (C=O) groups is 1. The molecule has 0 fully saturated rings. The van der Waals surface area contributed by atoms with Gasteiger partial charge in [0, 0.05) is 22.3 Å². The van der Waals surface area contributed by atoms with Crippen molar-refractivity contribution in [3.63, 3.8) is 0 Å². The van der Waals surface area contributed by atoms with Gasteiger partial charge in [0.25, 0.3) is 0 Å². The van der Waals surface area contributed by atoms with E-state index < -0.39 is 5.91 Å². The van der Waals surface area contributed by atoms with Crippen molar-refractivity contribution in [3.8, 4) is 22.8 Å². The van der Waals surface area contributed by atoms with Gasteiger partial charge in [-0.15, -0.1) is 0 Å². The van der Waals surface area contributed by atoms with Gasteiger partial charge in [-0.3, -0.25) is 10.1 Å². The number of aromatic nitrogens is 1. The molecule has 202 valence electrons. The highest BCUT2D eigenvalue weighted by atomic mass is 35.5. The van der Waals surface area contributed by atoms with Crippen LogP contribution in [0.1, 0.15) is 36.7 Å². The van der Waals surface area contributed by atoms with E-state index in [2.05, 4.69) is 29.5 Å². The van der Waals surface area contributed by atoms with Crippen LogP contribution in [-0.4, -0.2) is 16.0 Å². The lowest BCUT2D eigenvalue weighted by Gasteiger charge is -2.09. The fraction of sp³-hybridized carbons (Fsp3) is 0.129. The number of hydrogen-bond acceptors (Lipinski definition) is 5. The molecule has 6 nitrogen and oxygen atoms in total. The number of rotatable bonds is 6. The van der Waals surface area contributed by atoms with E-state index in [1.807, 2.05) is 49.4 Å². The maximum Gasteiger partial charge on any atom is 0.250 e. The first-order valence-corrected chi connectivity index (χ1v) is 13.7. The summed E-state index contributed by atoms with van der Waals surface area (Å²) >= 11 is 18.0. The van der Waals surface area contributed by atoms with E-state index in [0.717, 1.165) is 16.6 Å². The number of carbonyl (C=O) groups excluding carboxylic acids is 1. The lowest BCUT2D eigenvalue weighted by molar-refractivity contribution is -0.115. The number of fused-ring (bicyclic) bond motifs is 1. The molecular weight excluding hydrogens is 565 g/mol. The molecular formula is C31H25Cl2N3O3S. The van der Waals surface area contributed by atoms with E-state index in [-0.39, 0.29) is 5.11 Å². The van der Waals surface area contributed by atoms with E-state index in [4.69, 9.17) is 44.3 Å². The smallest absolute Gasteiger partial charge is 0.250 e. The number of thiocarbonyl (C=S) groups is 1. The third-order valence-corrected chi connectivity index (χ3v) is 7.19. The molecule has 0 saturated heterocycles. The van der Waals surface area contributed by atoms with E-state index in [1.165, 1.54) is 11.6 Å². The predicted octanol–water partition coefficient (Wildman–Crippen LogP) is 9.02. The number of amides is 1. The Labute approximate surface area is 247 Å². The summed E-state index contributed by atoms with van der Waals surface area (Å²) in [4.78, 5) is 17.1. The van der Waals surface area contributed by atoms with Gasteiger partial charge in [-0.1, -0.05) is 55.2 Å². The zero-order valence-corrected chi connectivity index (χ0v) is 24.2. The van der Waals surface area contributed by atoms with E-state index >= 15 is 0 Å². The van der Waals surface area contributed by atoms with Crippen LogP contribution in [0.2, 0.25) is 10.0 Å². The zero-order valence-electron chi connectivity index (χ0n) is 21.9. The van der Waals surface area contributed by atoms with Gasteiger partial charge < -0.3 is 14.2 Å². The number of anilines is 1. The van der Waals surface area contributed by atoms with Gasteiger partial charge in [0.15, 0.2) is 10.7 Å². The molecule has 2 heterocycles. The molecule has 0 bridgehead atoms. The summed E-state index contributed by atoms with van der Waals surface area (Å²) in [6.45, 7) is 6.19. The zero-order chi connectivity index (χ0) is 28.4. The van der Waals surface area contributed by atoms with Gasteiger partial charge >= 0.3 is 0 Å². The molecule has 0 aliphatic heterocycles. The summed E-state index contributed by atoms with van der Waals surface area (Å²) in [7, 11) is 0. The number of nitrogens with zero attached hydrogens (tertiary/aromatic N) is 1. The molecule has 0 aliphatic rings. The molecule has 0 saturated carbocycles. The molecule has 2 N–H and O–H groups in total. The van der Waals surface area contributed by atoms with Gasteiger partial charge in [0.2, 0.25) is 11.8 Å². The van der Waals surface area contributed by atoms with Crippen molar-refractivity contribution in [2.45, 2.75) is 26.7 Å². The topological polar surface area (TPSA) is 80.3 Å². The summed E-state index contributed by atoms with van der Waals surface area (Å²) in [6.07, 6.45) is 2.91. The van der Waals surface area contributed by atoms with Crippen molar-refractivity contribution < 1.29 is 13.6 Å². The largest absolute Gasteiger partial charge is 0.457 e. The Morgan fingerprint density at radius 3 is 2.58 bits per heavy atom. The lowest BCUT2D eigenvalue weighted by Crippen LogP contribution is -2.32. The Kier molecular flexibility index (Phi) is 8.07. The molecule has 9 heteroatoms. The van der Waals surface area contributed by atoms with Crippen LogP contribution in [-0.2, 0) is 4.79 Å². The molecule has 2 aromatic heterocycles. The van der Waals surface area contributed by atoms with Gasteiger partial charge in [-0.05, 0) is 90.8 Å². The second kappa shape index (κ2) is 11.7. The van der Waals surface area contributed by atoms with Gasteiger partial charge in [-0.25, -0.2) is 4.98 Å². The monoisotopic (exact) mass is 589 g/mol. The van der Waals surface area contributed by atoms with Crippen LogP contribution in [0.25, 0.3) is 40.0 Å². The summed E-state index contributed by atoms with van der Waals surface area (Å²) in [5.74, 6) is 1.52. The van der Waals surface area contributed by atoms with Crippen LogP contribution in [0, 0.1) is 6.92 Å². The first-order chi connectivity index (χ1) is 19.2. The van der Waals surface area contributed by atoms with Crippen LogP contribution < -0.4 is 10.6 Å².